The van der Waals surface area contributed by atoms with Crippen LogP contribution in [0.2, 0.25) is 0 Å². The highest BCUT2D eigenvalue weighted by atomic mass is 32.2. The van der Waals surface area contributed by atoms with Crippen molar-refractivity contribution < 1.29 is 22.9 Å². The lowest BCUT2D eigenvalue weighted by Crippen LogP contribution is -2.37. The van der Waals surface area contributed by atoms with E-state index in [-0.39, 0.29) is 10.6 Å². The summed E-state index contributed by atoms with van der Waals surface area (Å²) >= 11 is 0. The van der Waals surface area contributed by atoms with Crippen LogP contribution in [0, 0.1) is 24.0 Å². The maximum Gasteiger partial charge on any atom is 0.326 e. The number of benzene rings is 2. The first-order chi connectivity index (χ1) is 12.2. The number of carbonyl (C=O) groups is 1. The highest BCUT2D eigenvalue weighted by Crippen LogP contribution is 2.30. The first-order valence-corrected chi connectivity index (χ1v) is 9.02. The normalized spacial score (nSPS) is 11.0. The number of anilines is 1. The molecule has 0 aliphatic heterocycles. The highest BCUT2D eigenvalue weighted by molar-refractivity contribution is 7.92. The number of nitro groups is 1. The average molecular weight is 378 g/mol. The van der Waals surface area contributed by atoms with Gasteiger partial charge in [-0.2, -0.15) is 0 Å². The van der Waals surface area contributed by atoms with E-state index < -0.39 is 27.5 Å². The second-order valence-corrected chi connectivity index (χ2v) is 7.44. The minimum Gasteiger partial charge on any atom is -0.468 e. The molecule has 0 aliphatic carbocycles. The molecule has 138 valence electrons. The van der Waals surface area contributed by atoms with Gasteiger partial charge in [0.05, 0.1) is 22.6 Å². The van der Waals surface area contributed by atoms with E-state index in [9.17, 15) is 23.3 Å². The number of rotatable bonds is 6. The maximum atomic E-state index is 13.1. The molecule has 0 spiro atoms. The van der Waals surface area contributed by atoms with Crippen LogP contribution in [0.1, 0.15) is 11.1 Å². The molecule has 26 heavy (non-hydrogen) atoms. The number of ether oxygens (including phenoxy) is 1. The number of hydrogen-bond acceptors (Lipinski definition) is 6. The summed E-state index contributed by atoms with van der Waals surface area (Å²) in [6, 6.07) is 9.75. The Hall–Kier alpha value is -2.94. The summed E-state index contributed by atoms with van der Waals surface area (Å²) in [4.78, 5) is 21.8. The molecule has 0 atom stereocenters. The molecule has 0 bridgehead atoms. The molecule has 0 aromatic heterocycles. The van der Waals surface area contributed by atoms with Gasteiger partial charge in [0, 0.05) is 12.1 Å². The topological polar surface area (TPSA) is 107 Å². The van der Waals surface area contributed by atoms with E-state index in [1.807, 2.05) is 0 Å². The van der Waals surface area contributed by atoms with Crippen LogP contribution in [-0.4, -0.2) is 33.0 Å². The largest absolute Gasteiger partial charge is 0.468 e. The number of carbonyl (C=O) groups excluding carboxylic acids is 1. The predicted molar refractivity (Wildman–Crippen MR) is 95.6 cm³/mol. The third-order valence-corrected chi connectivity index (χ3v) is 5.58. The van der Waals surface area contributed by atoms with E-state index in [0.29, 0.717) is 16.8 Å². The molecule has 0 heterocycles. The minimum absolute atomic E-state index is 0.158. The van der Waals surface area contributed by atoms with E-state index >= 15 is 0 Å². The second-order valence-electron chi connectivity index (χ2n) is 5.58. The Bertz CT molecular complexity index is 918. The molecular formula is C17H18N2O6S. The smallest absolute Gasteiger partial charge is 0.326 e. The van der Waals surface area contributed by atoms with Gasteiger partial charge in [0.15, 0.2) is 0 Å². The van der Waals surface area contributed by atoms with Crippen molar-refractivity contribution in [2.45, 2.75) is 18.7 Å². The number of para-hydroxylation sites is 1. The van der Waals surface area contributed by atoms with Crippen molar-refractivity contribution in [1.82, 2.24) is 0 Å². The quantitative estimate of drug-likeness (QED) is 0.434. The third-order valence-electron chi connectivity index (χ3n) is 3.82. The number of esters is 1. The highest BCUT2D eigenvalue weighted by Gasteiger charge is 2.30. The minimum atomic E-state index is -4.14. The van der Waals surface area contributed by atoms with E-state index in [0.717, 1.165) is 28.6 Å². The van der Waals surface area contributed by atoms with Crippen molar-refractivity contribution in [3.8, 4) is 0 Å². The fraction of sp³-hybridized carbons (Fsp3) is 0.235. The van der Waals surface area contributed by atoms with Gasteiger partial charge in [0.2, 0.25) is 0 Å². The molecule has 9 heteroatoms. The zero-order chi connectivity index (χ0) is 19.5. The number of hydrogen-bond donors (Lipinski definition) is 0. The van der Waals surface area contributed by atoms with Gasteiger partial charge in [-0.25, -0.2) is 8.42 Å². The van der Waals surface area contributed by atoms with Gasteiger partial charge in [0.1, 0.15) is 6.54 Å². The Balaban J connectivity index is 2.60. The number of methoxy groups -OCH3 is 1. The van der Waals surface area contributed by atoms with Crippen molar-refractivity contribution in [3.63, 3.8) is 0 Å². The Morgan fingerprint density at radius 2 is 1.65 bits per heavy atom. The number of sulfonamides is 1. The van der Waals surface area contributed by atoms with Gasteiger partial charge < -0.3 is 4.74 Å². The number of nitro benzene ring substituents is 1. The first-order valence-electron chi connectivity index (χ1n) is 7.58. The van der Waals surface area contributed by atoms with Crippen molar-refractivity contribution in [3.05, 3.63) is 63.7 Å². The van der Waals surface area contributed by atoms with Crippen LogP contribution >= 0.6 is 0 Å². The summed E-state index contributed by atoms with van der Waals surface area (Å²) in [7, 11) is -2.97. The summed E-state index contributed by atoms with van der Waals surface area (Å²) < 4.78 is 31.8. The van der Waals surface area contributed by atoms with Crippen LogP contribution in [0.15, 0.2) is 47.4 Å². The van der Waals surface area contributed by atoms with E-state index in [4.69, 9.17) is 0 Å². The van der Waals surface area contributed by atoms with E-state index in [1.54, 1.807) is 32.0 Å². The first kappa shape index (κ1) is 19.4. The van der Waals surface area contributed by atoms with Gasteiger partial charge in [-0.3, -0.25) is 19.2 Å². The lowest BCUT2D eigenvalue weighted by atomic mass is 10.1. The zero-order valence-corrected chi connectivity index (χ0v) is 15.3. The molecule has 0 saturated carbocycles. The molecule has 0 N–H and O–H groups in total. The van der Waals surface area contributed by atoms with Crippen LogP contribution in [0.25, 0.3) is 0 Å². The third kappa shape index (κ3) is 3.83. The van der Waals surface area contributed by atoms with Crippen molar-refractivity contribution in [2.75, 3.05) is 18.0 Å². The Morgan fingerprint density at radius 1 is 1.12 bits per heavy atom. The average Bonchev–Trinajstić information content (AvgIpc) is 2.60. The molecule has 0 aliphatic rings. The Kier molecular flexibility index (Phi) is 5.61. The number of aryl methyl sites for hydroxylation is 2. The van der Waals surface area contributed by atoms with Gasteiger partial charge in [-0.15, -0.1) is 0 Å². The van der Waals surface area contributed by atoms with Gasteiger partial charge in [-0.1, -0.05) is 18.2 Å². The van der Waals surface area contributed by atoms with Crippen molar-refractivity contribution in [2.24, 2.45) is 0 Å². The molecule has 2 aromatic rings. The van der Waals surface area contributed by atoms with Gasteiger partial charge >= 0.3 is 5.97 Å². The molecule has 2 aromatic carbocycles. The molecule has 0 radical (unpaired) electrons. The fourth-order valence-corrected chi connectivity index (χ4v) is 4.07. The summed E-state index contributed by atoms with van der Waals surface area (Å²) in [6.07, 6.45) is 0. The van der Waals surface area contributed by atoms with Crippen LogP contribution in [0.5, 0.6) is 0 Å². The van der Waals surface area contributed by atoms with Crippen LogP contribution in [0.3, 0.4) is 0 Å². The van der Waals surface area contributed by atoms with Crippen LogP contribution in [-0.2, 0) is 19.6 Å². The summed E-state index contributed by atoms with van der Waals surface area (Å²) in [6.45, 7) is 2.96. The molecule has 0 saturated heterocycles. The lowest BCUT2D eigenvalue weighted by Gasteiger charge is -2.26. The summed E-state index contributed by atoms with van der Waals surface area (Å²) in [5, 5.41) is 10.8. The zero-order valence-electron chi connectivity index (χ0n) is 14.5. The summed E-state index contributed by atoms with van der Waals surface area (Å²) in [5.41, 5.74) is 1.48. The fourth-order valence-electron chi connectivity index (χ4n) is 2.53. The van der Waals surface area contributed by atoms with Crippen LogP contribution < -0.4 is 4.31 Å². The SMILES string of the molecule is COC(=O)CN(c1c(C)cccc1C)S(=O)(=O)c1ccc([N+](=O)[O-])cc1. The summed E-state index contributed by atoms with van der Waals surface area (Å²) in [5.74, 6) is -0.724. The Labute approximate surface area is 151 Å². The molecule has 2 rings (SSSR count). The standard InChI is InChI=1S/C17H18N2O6S/c1-12-5-4-6-13(2)17(12)18(11-16(20)25-3)26(23,24)15-9-7-14(8-10-15)19(21)22/h4-10H,11H2,1-3H3. The van der Waals surface area contributed by atoms with Crippen LogP contribution in [0.4, 0.5) is 11.4 Å². The molecule has 0 fully saturated rings. The number of non-ortho nitro benzene ring substituents is 1. The van der Waals surface area contributed by atoms with Gasteiger partial charge in [0.25, 0.3) is 15.7 Å². The maximum absolute atomic E-state index is 13.1. The molecule has 0 unspecified atom stereocenters. The predicted octanol–water partition coefficient (Wildman–Crippen LogP) is 2.58. The second kappa shape index (κ2) is 7.52. The molecule has 8 nitrogen and oxygen atoms in total. The van der Waals surface area contributed by atoms with E-state index in [1.165, 1.54) is 7.11 Å². The monoisotopic (exact) mass is 378 g/mol. The number of nitrogens with zero attached hydrogens (tertiary/aromatic N) is 2. The lowest BCUT2D eigenvalue weighted by molar-refractivity contribution is -0.384. The van der Waals surface area contributed by atoms with Crippen molar-refractivity contribution >= 4 is 27.4 Å². The molecular weight excluding hydrogens is 360 g/mol. The molecule has 0 amide bonds. The van der Waals surface area contributed by atoms with Gasteiger partial charge in [-0.05, 0) is 37.1 Å². The van der Waals surface area contributed by atoms with E-state index in [2.05, 4.69) is 4.74 Å². The van der Waals surface area contributed by atoms with Crippen molar-refractivity contribution in [1.29, 1.82) is 0 Å². The Morgan fingerprint density at radius 3 is 2.12 bits per heavy atom.